The molecule has 23 heavy (non-hydrogen) atoms. The lowest BCUT2D eigenvalue weighted by atomic mass is 9.82. The van der Waals surface area contributed by atoms with Crippen LogP contribution in [-0.4, -0.2) is 17.7 Å². The predicted molar refractivity (Wildman–Crippen MR) is 92.0 cm³/mol. The molecular formula is C19H34O4. The third kappa shape index (κ3) is 10.2. The number of ketones is 1. The molecule has 0 aliphatic rings. The second-order valence-corrected chi connectivity index (χ2v) is 6.46. The molecule has 0 aromatic rings. The molecule has 0 aliphatic heterocycles. The van der Waals surface area contributed by atoms with Gasteiger partial charge in [-0.05, 0) is 25.7 Å². The summed E-state index contributed by atoms with van der Waals surface area (Å²) in [6, 6.07) is 0. The summed E-state index contributed by atoms with van der Waals surface area (Å²) in [6.07, 6.45) is 11.0. The predicted octanol–water partition coefficient (Wildman–Crippen LogP) is 4.84. The van der Waals surface area contributed by atoms with E-state index in [2.05, 4.69) is 11.7 Å². The molecule has 2 unspecified atom stereocenters. The third-order valence-corrected chi connectivity index (χ3v) is 4.25. The Morgan fingerprint density at radius 3 is 1.83 bits per heavy atom. The van der Waals surface area contributed by atoms with Gasteiger partial charge in [0.2, 0.25) is 0 Å². The highest BCUT2D eigenvalue weighted by Gasteiger charge is 2.33. The van der Waals surface area contributed by atoms with Crippen LogP contribution in [0.25, 0.3) is 0 Å². The smallest absolute Gasteiger partial charge is 0.324 e. The van der Waals surface area contributed by atoms with Crippen molar-refractivity contribution in [1.29, 1.82) is 0 Å². The largest absolute Gasteiger partial charge is 0.393 e. The third-order valence-electron chi connectivity index (χ3n) is 4.25. The number of hydrogen-bond donors (Lipinski definition) is 0. The second kappa shape index (κ2) is 13.3. The number of rotatable bonds is 13. The number of hydrogen-bond acceptors (Lipinski definition) is 4. The minimum absolute atomic E-state index is 0.0139. The SMILES string of the molecule is CCCCCCCCCC(CCC)C(C(C)=O)C(=O)OC(C)=O. The molecule has 0 heterocycles. The van der Waals surface area contributed by atoms with Crippen LogP contribution < -0.4 is 0 Å². The zero-order chi connectivity index (χ0) is 17.7. The van der Waals surface area contributed by atoms with Gasteiger partial charge in [-0.15, -0.1) is 0 Å². The fraction of sp³-hybridized carbons (Fsp3) is 0.842. The van der Waals surface area contributed by atoms with Gasteiger partial charge in [0.15, 0.2) is 0 Å². The van der Waals surface area contributed by atoms with E-state index in [-0.39, 0.29) is 11.7 Å². The van der Waals surface area contributed by atoms with Gasteiger partial charge in [-0.3, -0.25) is 14.4 Å². The minimum Gasteiger partial charge on any atom is -0.393 e. The maximum atomic E-state index is 12.1. The molecule has 0 spiro atoms. The highest BCUT2D eigenvalue weighted by atomic mass is 16.6. The first-order chi connectivity index (χ1) is 10.9. The summed E-state index contributed by atoms with van der Waals surface area (Å²) >= 11 is 0. The summed E-state index contributed by atoms with van der Waals surface area (Å²) in [5, 5.41) is 0. The monoisotopic (exact) mass is 326 g/mol. The van der Waals surface area contributed by atoms with Crippen LogP contribution in [0.5, 0.6) is 0 Å². The van der Waals surface area contributed by atoms with Gasteiger partial charge in [-0.1, -0.05) is 65.2 Å². The molecule has 0 N–H and O–H groups in total. The van der Waals surface area contributed by atoms with Crippen LogP contribution in [0.2, 0.25) is 0 Å². The Morgan fingerprint density at radius 2 is 1.35 bits per heavy atom. The van der Waals surface area contributed by atoms with Gasteiger partial charge >= 0.3 is 11.9 Å². The van der Waals surface area contributed by atoms with E-state index in [1.165, 1.54) is 46.0 Å². The first-order valence-corrected chi connectivity index (χ1v) is 9.16. The molecule has 4 heteroatoms. The Labute approximate surface area is 141 Å². The van der Waals surface area contributed by atoms with Crippen molar-refractivity contribution in [2.75, 3.05) is 0 Å². The van der Waals surface area contributed by atoms with Crippen molar-refractivity contribution in [1.82, 2.24) is 0 Å². The van der Waals surface area contributed by atoms with E-state index in [4.69, 9.17) is 0 Å². The zero-order valence-electron chi connectivity index (χ0n) is 15.4. The molecule has 0 amide bonds. The van der Waals surface area contributed by atoms with E-state index in [0.29, 0.717) is 0 Å². The lowest BCUT2D eigenvalue weighted by Gasteiger charge is -2.23. The normalized spacial score (nSPS) is 13.4. The standard InChI is InChI=1S/C19H34O4/c1-5-7-8-9-10-11-12-14-17(13-6-2)18(15(3)20)19(22)23-16(4)21/h17-18H,5-14H2,1-4H3. The van der Waals surface area contributed by atoms with Crippen LogP contribution >= 0.6 is 0 Å². The van der Waals surface area contributed by atoms with Crippen LogP contribution in [0.15, 0.2) is 0 Å². The molecule has 2 atom stereocenters. The van der Waals surface area contributed by atoms with Gasteiger partial charge in [-0.2, -0.15) is 0 Å². The highest BCUT2D eigenvalue weighted by molar-refractivity contribution is 6.01. The molecule has 0 saturated carbocycles. The summed E-state index contributed by atoms with van der Waals surface area (Å²) < 4.78 is 4.67. The summed E-state index contributed by atoms with van der Waals surface area (Å²) in [4.78, 5) is 34.9. The number of Topliss-reactive ketones (excluding diaryl/α,β-unsaturated/α-hetero) is 1. The molecule has 0 bridgehead atoms. The van der Waals surface area contributed by atoms with Gasteiger partial charge in [0.1, 0.15) is 11.7 Å². The Morgan fingerprint density at radius 1 is 0.783 bits per heavy atom. The van der Waals surface area contributed by atoms with E-state index < -0.39 is 17.9 Å². The minimum atomic E-state index is -0.793. The Hall–Kier alpha value is -1.19. The first kappa shape index (κ1) is 21.8. The number of ether oxygens (including phenoxy) is 1. The molecule has 0 saturated heterocycles. The summed E-state index contributed by atoms with van der Waals surface area (Å²) in [5.74, 6) is -2.32. The quantitative estimate of drug-likeness (QED) is 0.276. The van der Waals surface area contributed by atoms with Crippen LogP contribution in [-0.2, 0) is 19.1 Å². The fourth-order valence-electron chi connectivity index (χ4n) is 3.11. The number of esters is 2. The van der Waals surface area contributed by atoms with Crippen molar-refractivity contribution < 1.29 is 19.1 Å². The summed E-state index contributed by atoms with van der Waals surface area (Å²) in [6.45, 7) is 6.86. The Kier molecular flexibility index (Phi) is 12.6. The lowest BCUT2D eigenvalue weighted by Crippen LogP contribution is -2.32. The first-order valence-electron chi connectivity index (χ1n) is 9.16. The van der Waals surface area contributed by atoms with Gasteiger partial charge in [-0.25, -0.2) is 0 Å². The van der Waals surface area contributed by atoms with Gasteiger partial charge in [0.05, 0.1) is 0 Å². The molecule has 0 aromatic heterocycles. The summed E-state index contributed by atoms with van der Waals surface area (Å²) in [7, 11) is 0. The number of carbonyl (C=O) groups is 3. The van der Waals surface area contributed by atoms with Crippen molar-refractivity contribution in [3.8, 4) is 0 Å². The van der Waals surface area contributed by atoms with Crippen molar-refractivity contribution in [3.05, 3.63) is 0 Å². The van der Waals surface area contributed by atoms with E-state index in [9.17, 15) is 14.4 Å². The van der Waals surface area contributed by atoms with E-state index >= 15 is 0 Å². The molecule has 4 nitrogen and oxygen atoms in total. The van der Waals surface area contributed by atoms with Crippen LogP contribution in [0, 0.1) is 11.8 Å². The second-order valence-electron chi connectivity index (χ2n) is 6.46. The van der Waals surface area contributed by atoms with Crippen molar-refractivity contribution in [3.63, 3.8) is 0 Å². The van der Waals surface area contributed by atoms with Gasteiger partial charge < -0.3 is 4.74 Å². The van der Waals surface area contributed by atoms with E-state index in [0.717, 1.165) is 32.1 Å². The molecule has 0 aliphatic carbocycles. The van der Waals surface area contributed by atoms with Crippen LogP contribution in [0.4, 0.5) is 0 Å². The number of unbranched alkanes of at least 4 members (excludes halogenated alkanes) is 6. The average Bonchev–Trinajstić information content (AvgIpc) is 2.45. The average molecular weight is 326 g/mol. The van der Waals surface area contributed by atoms with Gasteiger partial charge in [0, 0.05) is 6.92 Å². The highest BCUT2D eigenvalue weighted by Crippen LogP contribution is 2.27. The molecule has 0 rings (SSSR count). The molecule has 0 fully saturated rings. The van der Waals surface area contributed by atoms with E-state index in [1.807, 2.05) is 6.92 Å². The van der Waals surface area contributed by atoms with E-state index in [1.54, 1.807) is 0 Å². The Balaban J connectivity index is 4.44. The van der Waals surface area contributed by atoms with Crippen molar-refractivity contribution in [2.24, 2.45) is 11.8 Å². The number of carbonyl (C=O) groups excluding carboxylic acids is 3. The maximum absolute atomic E-state index is 12.1. The van der Waals surface area contributed by atoms with Crippen LogP contribution in [0.1, 0.15) is 91.9 Å². The maximum Gasteiger partial charge on any atom is 0.324 e. The van der Waals surface area contributed by atoms with Crippen molar-refractivity contribution >= 4 is 17.7 Å². The zero-order valence-corrected chi connectivity index (χ0v) is 15.4. The van der Waals surface area contributed by atoms with Gasteiger partial charge in [0.25, 0.3) is 0 Å². The van der Waals surface area contributed by atoms with Crippen molar-refractivity contribution in [2.45, 2.75) is 91.9 Å². The van der Waals surface area contributed by atoms with Crippen LogP contribution in [0.3, 0.4) is 0 Å². The molecular weight excluding hydrogens is 292 g/mol. The Bertz CT molecular complexity index is 362. The molecule has 134 valence electrons. The fourth-order valence-corrected chi connectivity index (χ4v) is 3.11. The molecule has 0 aromatic carbocycles. The molecule has 0 radical (unpaired) electrons. The topological polar surface area (TPSA) is 60.4 Å². The lowest BCUT2D eigenvalue weighted by molar-refractivity contribution is -0.163. The summed E-state index contributed by atoms with van der Waals surface area (Å²) in [5.41, 5.74) is 0.